The van der Waals surface area contributed by atoms with E-state index in [2.05, 4.69) is 126 Å². The Labute approximate surface area is 231 Å². The van der Waals surface area contributed by atoms with Crippen LogP contribution < -0.4 is 0 Å². The molecule has 0 aliphatic carbocycles. The third kappa shape index (κ3) is 3.63. The molecule has 0 spiro atoms. The van der Waals surface area contributed by atoms with Gasteiger partial charge in [-0.05, 0) is 76.9 Å². The van der Waals surface area contributed by atoms with Crippen molar-refractivity contribution < 1.29 is 4.42 Å². The Morgan fingerprint density at radius 2 is 1.05 bits per heavy atom. The number of fused-ring (bicyclic) bond motifs is 4. The molecule has 0 unspecified atom stereocenters. The van der Waals surface area contributed by atoms with Crippen molar-refractivity contribution in [2.45, 2.75) is 0 Å². The molecule has 6 aromatic carbocycles. The molecule has 3 heteroatoms. The third-order valence-corrected chi connectivity index (χ3v) is 7.64. The highest BCUT2D eigenvalue weighted by molar-refractivity contribution is 6.11. The Kier molecular flexibility index (Phi) is 5.14. The molecule has 2 aromatic heterocycles. The molecule has 3 nitrogen and oxygen atoms in total. The van der Waals surface area contributed by atoms with Crippen molar-refractivity contribution in [3.8, 4) is 39.4 Å². The first kappa shape index (κ1) is 22.6. The smallest absolute Gasteiger partial charge is 0.227 e. The van der Waals surface area contributed by atoms with Gasteiger partial charge in [-0.3, -0.25) is 0 Å². The van der Waals surface area contributed by atoms with Crippen molar-refractivity contribution in [1.29, 1.82) is 0 Å². The van der Waals surface area contributed by atoms with Gasteiger partial charge < -0.3 is 8.98 Å². The molecule has 8 rings (SSSR count). The molecule has 0 saturated carbocycles. The van der Waals surface area contributed by atoms with Crippen LogP contribution in [0.3, 0.4) is 0 Å². The van der Waals surface area contributed by atoms with Crippen LogP contribution in [0.1, 0.15) is 0 Å². The monoisotopic (exact) mass is 512 g/mol. The van der Waals surface area contributed by atoms with Crippen LogP contribution in [0, 0.1) is 0 Å². The summed E-state index contributed by atoms with van der Waals surface area (Å²) in [7, 11) is 0. The molecular formula is C37H24N2O. The zero-order valence-electron chi connectivity index (χ0n) is 21.7. The summed E-state index contributed by atoms with van der Waals surface area (Å²) in [6, 6.07) is 51.0. The van der Waals surface area contributed by atoms with E-state index in [0.29, 0.717) is 5.89 Å². The second-order valence-electron chi connectivity index (χ2n) is 10.0. The fourth-order valence-corrected chi connectivity index (χ4v) is 5.78. The summed E-state index contributed by atoms with van der Waals surface area (Å²) in [5, 5.41) is 2.36. The van der Waals surface area contributed by atoms with Gasteiger partial charge in [-0.15, -0.1) is 0 Å². The zero-order valence-corrected chi connectivity index (χ0v) is 21.7. The Morgan fingerprint density at radius 3 is 1.77 bits per heavy atom. The minimum absolute atomic E-state index is 0.634. The Balaban J connectivity index is 1.38. The largest absolute Gasteiger partial charge is 0.436 e. The summed E-state index contributed by atoms with van der Waals surface area (Å²) < 4.78 is 8.49. The predicted octanol–water partition coefficient (Wildman–Crippen LogP) is 9.93. The summed E-state index contributed by atoms with van der Waals surface area (Å²) in [5.41, 5.74) is 10.9. The molecule has 0 bridgehead atoms. The number of rotatable bonds is 4. The summed E-state index contributed by atoms with van der Waals surface area (Å²) in [4.78, 5) is 4.77. The third-order valence-electron chi connectivity index (χ3n) is 7.64. The predicted molar refractivity (Wildman–Crippen MR) is 165 cm³/mol. The Morgan fingerprint density at radius 1 is 0.475 bits per heavy atom. The molecule has 0 saturated heterocycles. The van der Waals surface area contributed by atoms with Gasteiger partial charge in [0.1, 0.15) is 5.52 Å². The maximum absolute atomic E-state index is 6.15. The van der Waals surface area contributed by atoms with Crippen LogP contribution in [0.4, 0.5) is 0 Å². The summed E-state index contributed by atoms with van der Waals surface area (Å²) >= 11 is 0. The second kappa shape index (κ2) is 9.11. The lowest BCUT2D eigenvalue weighted by molar-refractivity contribution is 0.620. The molecule has 0 radical (unpaired) electrons. The van der Waals surface area contributed by atoms with E-state index in [-0.39, 0.29) is 0 Å². The number of hydrogen-bond acceptors (Lipinski definition) is 2. The lowest BCUT2D eigenvalue weighted by atomic mass is 9.94. The fraction of sp³-hybridized carbons (Fsp3) is 0. The van der Waals surface area contributed by atoms with Gasteiger partial charge in [0, 0.05) is 22.0 Å². The lowest BCUT2D eigenvalue weighted by Gasteiger charge is -2.11. The van der Waals surface area contributed by atoms with E-state index >= 15 is 0 Å². The van der Waals surface area contributed by atoms with Crippen molar-refractivity contribution >= 4 is 32.9 Å². The number of hydrogen-bond donors (Lipinski definition) is 0. The normalized spacial score (nSPS) is 11.5. The fourth-order valence-electron chi connectivity index (χ4n) is 5.78. The number of para-hydroxylation sites is 3. The van der Waals surface area contributed by atoms with Gasteiger partial charge in [-0.2, -0.15) is 0 Å². The average Bonchev–Trinajstić information content (AvgIpc) is 3.61. The number of aromatic nitrogens is 2. The molecule has 188 valence electrons. The average molecular weight is 513 g/mol. The van der Waals surface area contributed by atoms with E-state index in [0.717, 1.165) is 38.8 Å². The van der Waals surface area contributed by atoms with Gasteiger partial charge in [0.25, 0.3) is 0 Å². The molecule has 2 heterocycles. The van der Waals surface area contributed by atoms with Gasteiger partial charge in [-0.1, -0.05) is 91.0 Å². The molecule has 40 heavy (non-hydrogen) atoms. The maximum Gasteiger partial charge on any atom is 0.227 e. The quantitative estimate of drug-likeness (QED) is 0.235. The zero-order chi connectivity index (χ0) is 26.5. The van der Waals surface area contributed by atoms with Crippen LogP contribution in [0.15, 0.2) is 150 Å². The van der Waals surface area contributed by atoms with E-state index < -0.39 is 0 Å². The summed E-state index contributed by atoms with van der Waals surface area (Å²) in [6.45, 7) is 0. The van der Waals surface area contributed by atoms with Gasteiger partial charge >= 0.3 is 0 Å². The molecule has 0 atom stereocenters. The molecule has 0 N–H and O–H groups in total. The van der Waals surface area contributed by atoms with Gasteiger partial charge in [-0.25, -0.2) is 4.98 Å². The highest BCUT2D eigenvalue weighted by Crippen LogP contribution is 2.39. The summed E-state index contributed by atoms with van der Waals surface area (Å²) in [5.74, 6) is 0.634. The lowest BCUT2D eigenvalue weighted by Crippen LogP contribution is -1.93. The van der Waals surface area contributed by atoms with Crippen LogP contribution in [-0.2, 0) is 0 Å². The van der Waals surface area contributed by atoms with Crippen molar-refractivity contribution in [1.82, 2.24) is 9.55 Å². The van der Waals surface area contributed by atoms with E-state index in [1.165, 1.54) is 27.6 Å². The van der Waals surface area contributed by atoms with Crippen molar-refractivity contribution in [3.05, 3.63) is 146 Å². The molecule has 0 aliphatic rings. The first-order chi connectivity index (χ1) is 19.8. The summed E-state index contributed by atoms with van der Waals surface area (Å²) in [6.07, 6.45) is 0. The SMILES string of the molecule is c1ccc(-c2ccccc2-c2ccc3c(c2)c2cc(-c4nc5ccccc5o4)ccc2n3-c2ccccc2)cc1. The second-order valence-corrected chi connectivity index (χ2v) is 10.0. The minimum Gasteiger partial charge on any atom is -0.436 e. The molecular weight excluding hydrogens is 488 g/mol. The first-order valence-corrected chi connectivity index (χ1v) is 13.5. The van der Waals surface area contributed by atoms with Crippen LogP contribution in [-0.4, -0.2) is 9.55 Å². The van der Waals surface area contributed by atoms with Crippen LogP contribution in [0.5, 0.6) is 0 Å². The molecule has 0 aliphatic heterocycles. The van der Waals surface area contributed by atoms with E-state index in [9.17, 15) is 0 Å². The van der Waals surface area contributed by atoms with Crippen LogP contribution in [0.2, 0.25) is 0 Å². The standard InChI is InChI=1S/C37H24N2O/c1-3-11-25(12-4-1)29-15-7-8-16-30(29)26-19-21-34-31(23-26)32-24-27(37-38-33-17-9-10-18-36(33)40-37)20-22-35(32)39(34)28-13-5-2-6-14-28/h1-24H. The van der Waals surface area contributed by atoms with Crippen molar-refractivity contribution in [2.24, 2.45) is 0 Å². The van der Waals surface area contributed by atoms with E-state index in [4.69, 9.17) is 9.40 Å². The van der Waals surface area contributed by atoms with Gasteiger partial charge in [0.05, 0.1) is 11.0 Å². The van der Waals surface area contributed by atoms with Crippen molar-refractivity contribution in [2.75, 3.05) is 0 Å². The Bertz CT molecular complexity index is 2120. The van der Waals surface area contributed by atoms with Crippen molar-refractivity contribution in [3.63, 3.8) is 0 Å². The highest BCUT2D eigenvalue weighted by Gasteiger charge is 2.17. The van der Waals surface area contributed by atoms with Crippen LogP contribution in [0.25, 0.3) is 72.3 Å². The van der Waals surface area contributed by atoms with Crippen LogP contribution >= 0.6 is 0 Å². The first-order valence-electron chi connectivity index (χ1n) is 13.5. The van der Waals surface area contributed by atoms with E-state index in [1.807, 2.05) is 24.3 Å². The molecule has 0 amide bonds. The molecule has 0 fully saturated rings. The van der Waals surface area contributed by atoms with E-state index in [1.54, 1.807) is 0 Å². The minimum atomic E-state index is 0.634. The number of benzene rings is 6. The van der Waals surface area contributed by atoms with Gasteiger partial charge in [0.2, 0.25) is 5.89 Å². The maximum atomic E-state index is 6.15. The number of oxazole rings is 1. The topological polar surface area (TPSA) is 31.0 Å². The Hall–Kier alpha value is -5.41. The molecule has 8 aromatic rings. The van der Waals surface area contributed by atoms with Gasteiger partial charge in [0.15, 0.2) is 5.58 Å². The number of nitrogens with zero attached hydrogens (tertiary/aromatic N) is 2. The highest BCUT2D eigenvalue weighted by atomic mass is 16.3.